The highest BCUT2D eigenvalue weighted by molar-refractivity contribution is 6.32. The van der Waals surface area contributed by atoms with Crippen molar-refractivity contribution in [2.24, 2.45) is 5.73 Å². The second kappa shape index (κ2) is 10.7. The number of nitrogens with zero attached hydrogens (tertiary/aromatic N) is 1. The number of carbonyl (C=O) groups excluding carboxylic acids is 3. The number of halogens is 1. The number of nitrogens with two attached hydrogens (primary N) is 1. The maximum absolute atomic E-state index is 12.3. The fourth-order valence-electron chi connectivity index (χ4n) is 3.10. The molecule has 0 spiro atoms. The number of hydrogen-bond acceptors (Lipinski definition) is 6. The summed E-state index contributed by atoms with van der Waals surface area (Å²) in [5.41, 5.74) is 5.95. The zero-order valence-electron chi connectivity index (χ0n) is 16.5. The average Bonchev–Trinajstić information content (AvgIpc) is 2.70. The maximum atomic E-state index is 12.3. The van der Waals surface area contributed by atoms with Crippen molar-refractivity contribution in [1.29, 1.82) is 0 Å². The molecule has 0 radical (unpaired) electrons. The Bertz CT molecular complexity index is 795. The molecule has 1 aliphatic heterocycles. The Hall–Kier alpha value is -2.74. The van der Waals surface area contributed by atoms with Crippen molar-refractivity contribution in [3.63, 3.8) is 0 Å². The van der Waals surface area contributed by atoms with Crippen LogP contribution >= 0.6 is 11.6 Å². The molecule has 0 saturated carbocycles. The van der Waals surface area contributed by atoms with Gasteiger partial charge in [0, 0.05) is 12.6 Å². The SMILES string of the molecule is CCOc1cc(/C=C/C(=O)OCC(=O)N2CCCC[C@H]2C(N)=O)cc(Cl)c1OC. The lowest BCUT2D eigenvalue weighted by Gasteiger charge is -2.33. The number of benzene rings is 1. The van der Waals surface area contributed by atoms with Crippen molar-refractivity contribution in [2.45, 2.75) is 32.2 Å². The summed E-state index contributed by atoms with van der Waals surface area (Å²) in [4.78, 5) is 37.1. The average molecular weight is 425 g/mol. The van der Waals surface area contributed by atoms with E-state index >= 15 is 0 Å². The molecule has 2 rings (SSSR count). The van der Waals surface area contributed by atoms with Gasteiger partial charge >= 0.3 is 5.97 Å². The molecule has 1 fully saturated rings. The zero-order chi connectivity index (χ0) is 21.4. The number of methoxy groups -OCH3 is 1. The Morgan fingerprint density at radius 1 is 1.31 bits per heavy atom. The maximum Gasteiger partial charge on any atom is 0.331 e. The molecular weight excluding hydrogens is 400 g/mol. The predicted octanol–water partition coefficient (Wildman–Crippen LogP) is 2.17. The van der Waals surface area contributed by atoms with Crippen molar-refractivity contribution in [1.82, 2.24) is 4.90 Å². The van der Waals surface area contributed by atoms with E-state index in [0.717, 1.165) is 12.8 Å². The lowest BCUT2D eigenvalue weighted by Crippen LogP contribution is -2.51. The van der Waals surface area contributed by atoms with Crippen LogP contribution < -0.4 is 15.2 Å². The van der Waals surface area contributed by atoms with E-state index < -0.39 is 30.4 Å². The van der Waals surface area contributed by atoms with Crippen LogP contribution in [0.5, 0.6) is 11.5 Å². The molecule has 29 heavy (non-hydrogen) atoms. The topological polar surface area (TPSA) is 108 Å². The van der Waals surface area contributed by atoms with Crippen molar-refractivity contribution in [3.8, 4) is 11.5 Å². The van der Waals surface area contributed by atoms with Crippen molar-refractivity contribution in [3.05, 3.63) is 28.8 Å². The second-order valence-electron chi connectivity index (χ2n) is 6.41. The van der Waals surface area contributed by atoms with Gasteiger partial charge < -0.3 is 24.8 Å². The molecule has 0 unspecified atom stereocenters. The third kappa shape index (κ3) is 6.12. The number of hydrogen-bond donors (Lipinski definition) is 1. The highest BCUT2D eigenvalue weighted by Crippen LogP contribution is 2.36. The summed E-state index contributed by atoms with van der Waals surface area (Å²) in [5.74, 6) is -0.833. The van der Waals surface area contributed by atoms with Crippen LogP contribution in [0.2, 0.25) is 5.02 Å². The van der Waals surface area contributed by atoms with Crippen LogP contribution in [0.4, 0.5) is 0 Å². The molecule has 1 aromatic rings. The Morgan fingerprint density at radius 2 is 2.07 bits per heavy atom. The molecule has 1 saturated heterocycles. The number of amides is 2. The van der Waals surface area contributed by atoms with Crippen LogP contribution in [0.3, 0.4) is 0 Å². The normalized spacial score (nSPS) is 16.5. The Labute approximate surface area is 174 Å². The molecule has 0 bridgehead atoms. The quantitative estimate of drug-likeness (QED) is 0.506. The van der Waals surface area contributed by atoms with E-state index in [-0.39, 0.29) is 0 Å². The highest BCUT2D eigenvalue weighted by Gasteiger charge is 2.30. The highest BCUT2D eigenvalue weighted by atomic mass is 35.5. The predicted molar refractivity (Wildman–Crippen MR) is 108 cm³/mol. The van der Waals surface area contributed by atoms with Crippen molar-refractivity contribution < 1.29 is 28.6 Å². The van der Waals surface area contributed by atoms with Crippen LogP contribution in [0.25, 0.3) is 6.08 Å². The van der Waals surface area contributed by atoms with E-state index in [1.807, 2.05) is 6.92 Å². The van der Waals surface area contributed by atoms with E-state index in [1.54, 1.807) is 12.1 Å². The van der Waals surface area contributed by atoms with Gasteiger partial charge in [-0.3, -0.25) is 9.59 Å². The minimum atomic E-state index is -0.698. The van der Waals surface area contributed by atoms with Crippen molar-refractivity contribution in [2.75, 3.05) is 26.9 Å². The fraction of sp³-hybridized carbons (Fsp3) is 0.450. The van der Waals surface area contributed by atoms with E-state index in [1.165, 1.54) is 24.2 Å². The number of esters is 1. The molecular formula is C20H25ClN2O6. The number of primary amides is 1. The smallest absolute Gasteiger partial charge is 0.331 e. The minimum absolute atomic E-state index is 0.337. The first kappa shape index (κ1) is 22.5. The van der Waals surface area contributed by atoms with E-state index in [9.17, 15) is 14.4 Å². The van der Waals surface area contributed by atoms with Gasteiger partial charge in [0.1, 0.15) is 6.04 Å². The molecule has 1 aliphatic rings. The monoisotopic (exact) mass is 424 g/mol. The van der Waals surface area contributed by atoms with Gasteiger partial charge in [-0.1, -0.05) is 11.6 Å². The van der Waals surface area contributed by atoms with Crippen LogP contribution in [0, 0.1) is 0 Å². The summed E-state index contributed by atoms with van der Waals surface area (Å²) in [7, 11) is 1.48. The number of rotatable bonds is 8. The van der Waals surface area contributed by atoms with Gasteiger partial charge in [-0.15, -0.1) is 0 Å². The van der Waals surface area contributed by atoms with Gasteiger partial charge in [-0.05, 0) is 50.0 Å². The molecule has 2 amide bonds. The molecule has 1 atom stereocenters. The fourth-order valence-corrected chi connectivity index (χ4v) is 3.40. The number of piperidine rings is 1. The first-order valence-corrected chi connectivity index (χ1v) is 9.69. The van der Waals surface area contributed by atoms with Gasteiger partial charge in [-0.25, -0.2) is 4.79 Å². The number of ether oxygens (including phenoxy) is 3. The molecule has 0 aromatic heterocycles. The largest absolute Gasteiger partial charge is 0.491 e. The second-order valence-corrected chi connectivity index (χ2v) is 6.82. The summed E-state index contributed by atoms with van der Waals surface area (Å²) in [5, 5.41) is 0.337. The molecule has 1 heterocycles. The standard InChI is InChI=1S/C20H25ClN2O6/c1-3-28-16-11-13(10-14(21)19(16)27-2)7-8-18(25)29-12-17(24)23-9-5-4-6-15(23)20(22)26/h7-8,10-11,15H,3-6,9,12H2,1-2H3,(H2,22,26)/b8-7+/t15-/m0/s1. The summed E-state index contributed by atoms with van der Waals surface area (Å²) < 4.78 is 15.7. The summed E-state index contributed by atoms with van der Waals surface area (Å²) in [6.45, 7) is 2.22. The molecule has 1 aromatic carbocycles. The zero-order valence-corrected chi connectivity index (χ0v) is 17.2. The van der Waals surface area contributed by atoms with E-state index in [4.69, 9.17) is 31.5 Å². The third-order valence-electron chi connectivity index (χ3n) is 4.44. The Balaban J connectivity index is 1.97. The van der Waals surface area contributed by atoms with Crippen LogP contribution in [-0.4, -0.2) is 55.6 Å². The minimum Gasteiger partial charge on any atom is -0.491 e. The molecule has 8 nitrogen and oxygen atoms in total. The molecule has 9 heteroatoms. The first-order valence-electron chi connectivity index (χ1n) is 9.31. The molecule has 2 N–H and O–H groups in total. The third-order valence-corrected chi connectivity index (χ3v) is 4.72. The first-order chi connectivity index (χ1) is 13.9. The molecule has 158 valence electrons. The summed E-state index contributed by atoms with van der Waals surface area (Å²) >= 11 is 6.17. The van der Waals surface area contributed by atoms with E-state index in [2.05, 4.69) is 0 Å². The van der Waals surface area contributed by atoms with Crippen LogP contribution in [0.1, 0.15) is 31.7 Å². The van der Waals surface area contributed by atoms with Gasteiger partial charge in [0.05, 0.1) is 18.7 Å². The Kier molecular flexibility index (Phi) is 8.33. The van der Waals surface area contributed by atoms with E-state index in [0.29, 0.717) is 41.7 Å². The Morgan fingerprint density at radius 3 is 2.72 bits per heavy atom. The van der Waals surface area contributed by atoms with Gasteiger partial charge in [-0.2, -0.15) is 0 Å². The van der Waals surface area contributed by atoms with Crippen LogP contribution in [0.15, 0.2) is 18.2 Å². The van der Waals surface area contributed by atoms with Gasteiger partial charge in [0.15, 0.2) is 18.1 Å². The van der Waals surface area contributed by atoms with Crippen molar-refractivity contribution >= 4 is 35.5 Å². The lowest BCUT2D eigenvalue weighted by molar-refractivity contribution is -0.151. The number of carbonyl (C=O) groups is 3. The number of likely N-dealkylation sites (tertiary alicyclic amines) is 1. The lowest BCUT2D eigenvalue weighted by atomic mass is 10.0. The van der Waals surface area contributed by atoms with Crippen LogP contribution in [-0.2, 0) is 19.1 Å². The summed E-state index contributed by atoms with van der Waals surface area (Å²) in [6.07, 6.45) is 4.81. The summed E-state index contributed by atoms with van der Waals surface area (Å²) in [6, 6.07) is 2.64. The van der Waals surface area contributed by atoms with Gasteiger partial charge in [0.2, 0.25) is 5.91 Å². The van der Waals surface area contributed by atoms with Gasteiger partial charge in [0.25, 0.3) is 5.91 Å². The molecule has 0 aliphatic carbocycles.